The van der Waals surface area contributed by atoms with Crippen LogP contribution < -0.4 is 0 Å². The number of nitriles is 1. The molecule has 0 radical (unpaired) electrons. The van der Waals surface area contributed by atoms with Gasteiger partial charge in [0.25, 0.3) is 0 Å². The van der Waals surface area contributed by atoms with Gasteiger partial charge in [-0.25, -0.2) is 15.0 Å². The number of pyridine rings is 1. The number of aromatic nitrogens is 3. The maximum atomic E-state index is 9.12. The average Bonchev–Trinajstić information content (AvgIpc) is 2.93. The van der Waals surface area contributed by atoms with Gasteiger partial charge in [0.1, 0.15) is 5.52 Å². The molecule has 0 saturated heterocycles. The Balaban J connectivity index is 1.65. The summed E-state index contributed by atoms with van der Waals surface area (Å²) in [6, 6.07) is 38.1. The monoisotopic (exact) mass is 434 g/mol. The Hall–Kier alpha value is -4.88. The van der Waals surface area contributed by atoms with Crippen LogP contribution in [0.4, 0.5) is 0 Å². The first-order valence-corrected chi connectivity index (χ1v) is 11.0. The second kappa shape index (κ2) is 8.23. The number of hydrogen-bond donors (Lipinski definition) is 0. The van der Waals surface area contributed by atoms with Gasteiger partial charge in [-0.05, 0) is 24.3 Å². The van der Waals surface area contributed by atoms with E-state index in [9.17, 15) is 0 Å². The predicted octanol–water partition coefficient (Wildman–Crippen LogP) is 7.05. The lowest BCUT2D eigenvalue weighted by molar-refractivity contribution is 1.23. The number of hydrogen-bond acceptors (Lipinski definition) is 4. The van der Waals surface area contributed by atoms with E-state index in [1.54, 1.807) is 0 Å². The molecule has 0 bridgehead atoms. The largest absolute Gasteiger partial charge is 0.245 e. The van der Waals surface area contributed by atoms with E-state index >= 15 is 0 Å². The highest BCUT2D eigenvalue weighted by Crippen LogP contribution is 2.33. The molecule has 4 aromatic carbocycles. The Labute approximate surface area is 196 Å². The van der Waals surface area contributed by atoms with Crippen molar-refractivity contribution in [2.45, 2.75) is 0 Å². The van der Waals surface area contributed by atoms with E-state index < -0.39 is 0 Å². The summed E-state index contributed by atoms with van der Waals surface area (Å²) in [5, 5.41) is 11.1. The van der Waals surface area contributed by atoms with E-state index in [0.29, 0.717) is 11.4 Å². The fourth-order valence-corrected chi connectivity index (χ4v) is 4.18. The van der Waals surface area contributed by atoms with E-state index in [1.807, 2.05) is 78.9 Å². The molecule has 0 amide bonds. The second-order valence-corrected chi connectivity index (χ2v) is 8.05. The summed E-state index contributed by atoms with van der Waals surface area (Å²) in [5.74, 6) is 0.671. The molecule has 2 aromatic heterocycles. The second-order valence-electron chi connectivity index (χ2n) is 8.05. The zero-order valence-electron chi connectivity index (χ0n) is 18.2. The van der Waals surface area contributed by atoms with E-state index in [0.717, 1.165) is 49.9 Å². The SMILES string of the molecule is N#Cc1ccc(-c2ccc3ccc4c(-c5ccccc5)nc(-c5ccccc5)nc4c3n2)cc1. The third-order valence-electron chi connectivity index (χ3n) is 5.91. The lowest BCUT2D eigenvalue weighted by Crippen LogP contribution is -1.97. The van der Waals surface area contributed by atoms with E-state index in [2.05, 4.69) is 36.4 Å². The van der Waals surface area contributed by atoms with Gasteiger partial charge in [-0.1, -0.05) is 84.9 Å². The molecule has 0 atom stereocenters. The minimum atomic E-state index is 0.628. The number of nitrogens with zero attached hydrogens (tertiary/aromatic N) is 4. The van der Waals surface area contributed by atoms with Crippen LogP contribution in [-0.2, 0) is 0 Å². The van der Waals surface area contributed by atoms with Crippen molar-refractivity contribution >= 4 is 21.8 Å². The Morgan fingerprint density at radius 3 is 1.91 bits per heavy atom. The summed E-state index contributed by atoms with van der Waals surface area (Å²) in [4.78, 5) is 15.0. The summed E-state index contributed by atoms with van der Waals surface area (Å²) in [7, 11) is 0. The van der Waals surface area contributed by atoms with E-state index in [1.165, 1.54) is 0 Å². The topological polar surface area (TPSA) is 62.5 Å². The predicted molar refractivity (Wildman–Crippen MR) is 136 cm³/mol. The van der Waals surface area contributed by atoms with Crippen molar-refractivity contribution in [1.82, 2.24) is 15.0 Å². The lowest BCUT2D eigenvalue weighted by Gasteiger charge is -2.12. The molecule has 0 aliphatic heterocycles. The normalized spacial score (nSPS) is 10.9. The van der Waals surface area contributed by atoms with Gasteiger partial charge in [0, 0.05) is 27.5 Å². The summed E-state index contributed by atoms with van der Waals surface area (Å²) < 4.78 is 0. The molecule has 0 N–H and O–H groups in total. The molecule has 34 heavy (non-hydrogen) atoms. The molecule has 4 nitrogen and oxygen atoms in total. The number of rotatable bonds is 3. The fraction of sp³-hybridized carbons (Fsp3) is 0. The summed E-state index contributed by atoms with van der Waals surface area (Å²) in [6.45, 7) is 0. The number of benzene rings is 4. The molecular formula is C30H18N4. The molecule has 0 fully saturated rings. The Morgan fingerprint density at radius 1 is 0.529 bits per heavy atom. The average molecular weight is 435 g/mol. The van der Waals surface area contributed by atoms with Gasteiger partial charge in [-0.3, -0.25) is 0 Å². The number of fused-ring (bicyclic) bond motifs is 3. The third-order valence-corrected chi connectivity index (χ3v) is 5.91. The van der Waals surface area contributed by atoms with Crippen LogP contribution in [0.3, 0.4) is 0 Å². The Kier molecular flexibility index (Phi) is 4.79. The Morgan fingerprint density at radius 2 is 1.21 bits per heavy atom. The van der Waals surface area contributed by atoms with Crippen LogP contribution in [0.5, 0.6) is 0 Å². The molecule has 0 spiro atoms. The molecule has 0 unspecified atom stereocenters. The minimum Gasteiger partial charge on any atom is -0.245 e. The standard InChI is InChI=1S/C30H18N4/c31-19-20-11-13-21(14-12-20)26-18-16-23-15-17-25-27(22-7-3-1-4-8-22)33-30(24-9-5-2-6-10-24)34-29(25)28(23)32-26/h1-18H. The van der Waals surface area contributed by atoms with Gasteiger partial charge < -0.3 is 0 Å². The molecule has 6 aromatic rings. The quantitative estimate of drug-likeness (QED) is 0.280. The van der Waals surface area contributed by atoms with Crippen LogP contribution in [0.15, 0.2) is 109 Å². The van der Waals surface area contributed by atoms with Crippen molar-refractivity contribution in [3.05, 3.63) is 115 Å². The maximum Gasteiger partial charge on any atom is 0.160 e. The smallest absolute Gasteiger partial charge is 0.160 e. The first-order chi connectivity index (χ1) is 16.8. The zero-order chi connectivity index (χ0) is 22.9. The first-order valence-electron chi connectivity index (χ1n) is 11.0. The lowest BCUT2D eigenvalue weighted by atomic mass is 10.0. The molecule has 158 valence electrons. The summed E-state index contributed by atoms with van der Waals surface area (Å²) >= 11 is 0. The van der Waals surface area contributed by atoms with E-state index in [-0.39, 0.29) is 0 Å². The van der Waals surface area contributed by atoms with Gasteiger partial charge in [0.15, 0.2) is 5.82 Å². The highest BCUT2D eigenvalue weighted by atomic mass is 14.9. The van der Waals surface area contributed by atoms with Crippen LogP contribution >= 0.6 is 0 Å². The van der Waals surface area contributed by atoms with Gasteiger partial charge in [-0.2, -0.15) is 5.26 Å². The molecule has 6 rings (SSSR count). The van der Waals surface area contributed by atoms with Gasteiger partial charge in [0.2, 0.25) is 0 Å². The highest BCUT2D eigenvalue weighted by Gasteiger charge is 2.15. The summed E-state index contributed by atoms with van der Waals surface area (Å²) in [5.41, 5.74) is 6.96. The van der Waals surface area contributed by atoms with Crippen molar-refractivity contribution < 1.29 is 0 Å². The zero-order valence-corrected chi connectivity index (χ0v) is 18.2. The van der Waals surface area contributed by atoms with Gasteiger partial charge in [0.05, 0.1) is 28.5 Å². The van der Waals surface area contributed by atoms with Crippen LogP contribution in [-0.4, -0.2) is 15.0 Å². The van der Waals surface area contributed by atoms with Crippen LogP contribution in [0, 0.1) is 11.3 Å². The molecule has 2 heterocycles. The van der Waals surface area contributed by atoms with Crippen molar-refractivity contribution in [1.29, 1.82) is 5.26 Å². The molecule has 0 aliphatic carbocycles. The van der Waals surface area contributed by atoms with Crippen LogP contribution in [0.25, 0.3) is 55.7 Å². The third kappa shape index (κ3) is 3.46. The fourth-order valence-electron chi connectivity index (χ4n) is 4.18. The molecule has 0 saturated carbocycles. The Bertz CT molecular complexity index is 1680. The van der Waals surface area contributed by atoms with Crippen molar-refractivity contribution in [2.75, 3.05) is 0 Å². The van der Waals surface area contributed by atoms with Crippen LogP contribution in [0.1, 0.15) is 5.56 Å². The molecular weight excluding hydrogens is 416 g/mol. The van der Waals surface area contributed by atoms with Crippen molar-refractivity contribution in [2.24, 2.45) is 0 Å². The molecule has 0 aliphatic rings. The highest BCUT2D eigenvalue weighted by molar-refractivity contribution is 6.08. The summed E-state index contributed by atoms with van der Waals surface area (Å²) in [6.07, 6.45) is 0. The van der Waals surface area contributed by atoms with Gasteiger partial charge in [-0.15, -0.1) is 0 Å². The van der Waals surface area contributed by atoms with Crippen LogP contribution in [0.2, 0.25) is 0 Å². The van der Waals surface area contributed by atoms with Gasteiger partial charge >= 0.3 is 0 Å². The maximum absolute atomic E-state index is 9.12. The van der Waals surface area contributed by atoms with E-state index in [4.69, 9.17) is 20.2 Å². The van der Waals surface area contributed by atoms with Crippen molar-refractivity contribution in [3.63, 3.8) is 0 Å². The van der Waals surface area contributed by atoms with Crippen molar-refractivity contribution in [3.8, 4) is 40.0 Å². The minimum absolute atomic E-state index is 0.628. The molecule has 4 heteroatoms. The first kappa shape index (κ1) is 19.8.